The summed E-state index contributed by atoms with van der Waals surface area (Å²) in [5.74, 6) is -3.20. The topological polar surface area (TPSA) is 180 Å². The highest BCUT2D eigenvalue weighted by Crippen LogP contribution is 2.43. The minimum atomic E-state index is -0.994. The molecule has 0 bridgehead atoms. The first-order chi connectivity index (χ1) is 23.4. The minimum absolute atomic E-state index is 0. The van der Waals surface area contributed by atoms with E-state index in [-0.39, 0.29) is 98.2 Å². The van der Waals surface area contributed by atoms with Crippen LogP contribution in [0, 0.1) is 23.2 Å². The standard InChI is InChI=1S/C36H53N7O6.3CH4.3H2S/c1-5-10-25(29(44)34(48)39-23-15-16-23)40-33(47)28-24-14-9-13-22(24)20-43(28)35(49)30(36(2,3)4)42-32(46)27(21-11-7-6-8-12-21)41-31(45)26-19-37-17-18-38-26;;;;;;/h17-19,21-25,27-28,30H,5-16,20H2,1-4H3,(H,39,48)(H,40,47)(H,41,45)(H,42,46);3*1H4;3*1H2/t22-,24-,25-,27-,28+,30-;;;;;;/m1....../s1. The number of nitrogens with one attached hydrogen (secondary N) is 4. The van der Waals surface area contributed by atoms with Gasteiger partial charge >= 0.3 is 0 Å². The average molecular weight is 830 g/mol. The number of carbonyl (C=O) groups excluding carboxylic acids is 6. The fraction of sp³-hybridized carbons (Fsp3) is 0.744. The van der Waals surface area contributed by atoms with Crippen LogP contribution in [0.4, 0.5) is 0 Å². The predicted octanol–water partition coefficient (Wildman–Crippen LogP) is 4.69. The van der Waals surface area contributed by atoms with Crippen LogP contribution in [-0.4, -0.2) is 86.9 Å². The number of Topliss-reactive ketones (excluding diaryl/α,β-unsaturated/α-hetero) is 1. The van der Waals surface area contributed by atoms with Gasteiger partial charge in [0.2, 0.25) is 23.5 Å². The van der Waals surface area contributed by atoms with Crippen molar-refractivity contribution in [3.05, 3.63) is 24.3 Å². The Hall–Kier alpha value is -2.85. The van der Waals surface area contributed by atoms with Crippen LogP contribution in [0.1, 0.15) is 138 Å². The summed E-state index contributed by atoms with van der Waals surface area (Å²) >= 11 is 0. The van der Waals surface area contributed by atoms with Gasteiger partial charge in [0.05, 0.1) is 12.2 Å². The molecule has 0 unspecified atom stereocenters. The predicted molar refractivity (Wildman–Crippen MR) is 232 cm³/mol. The van der Waals surface area contributed by atoms with Gasteiger partial charge < -0.3 is 26.2 Å². The molecule has 316 valence electrons. The Labute approximate surface area is 350 Å². The molecule has 5 rings (SSSR count). The van der Waals surface area contributed by atoms with Crippen LogP contribution in [-0.2, 0) is 24.0 Å². The summed E-state index contributed by atoms with van der Waals surface area (Å²) in [6.45, 7) is 7.85. The van der Waals surface area contributed by atoms with E-state index >= 15 is 0 Å². The van der Waals surface area contributed by atoms with Gasteiger partial charge in [0.1, 0.15) is 23.8 Å². The highest BCUT2D eigenvalue weighted by molar-refractivity contribution is 7.59. The quantitative estimate of drug-likeness (QED) is 0.207. The van der Waals surface area contributed by atoms with Crippen molar-refractivity contribution >= 4 is 75.8 Å². The number of hydrogen-bond acceptors (Lipinski definition) is 8. The normalized spacial score (nSPS) is 21.6. The van der Waals surface area contributed by atoms with Crippen LogP contribution >= 0.6 is 40.5 Å². The molecule has 1 aromatic heterocycles. The molecule has 0 spiro atoms. The van der Waals surface area contributed by atoms with Crippen molar-refractivity contribution in [3.63, 3.8) is 0 Å². The second-order valence-electron chi connectivity index (χ2n) is 15.5. The van der Waals surface area contributed by atoms with E-state index in [1.165, 1.54) is 18.6 Å². The van der Waals surface area contributed by atoms with E-state index in [9.17, 15) is 28.8 Å². The summed E-state index contributed by atoms with van der Waals surface area (Å²) in [7, 11) is 0. The van der Waals surface area contributed by atoms with Crippen molar-refractivity contribution in [2.24, 2.45) is 23.2 Å². The van der Waals surface area contributed by atoms with Gasteiger partial charge in [0.15, 0.2) is 0 Å². The van der Waals surface area contributed by atoms with E-state index in [4.69, 9.17) is 0 Å². The number of ketones is 1. The number of fused-ring (bicyclic) bond motifs is 1. The molecular weight excluding hydrogens is 759 g/mol. The zero-order valence-electron chi connectivity index (χ0n) is 30.8. The van der Waals surface area contributed by atoms with Crippen molar-refractivity contribution in [2.45, 2.75) is 157 Å². The van der Waals surface area contributed by atoms with E-state index < -0.39 is 59.0 Å². The van der Waals surface area contributed by atoms with Gasteiger partial charge in [-0.2, -0.15) is 40.5 Å². The summed E-state index contributed by atoms with van der Waals surface area (Å²) in [6, 6.07) is -3.68. The minimum Gasteiger partial charge on any atom is -0.347 e. The number of carbonyl (C=O) groups is 6. The van der Waals surface area contributed by atoms with E-state index in [1.807, 2.05) is 27.7 Å². The maximum Gasteiger partial charge on any atom is 0.289 e. The molecule has 1 aromatic rings. The van der Waals surface area contributed by atoms with Gasteiger partial charge in [-0.15, -0.1) is 0 Å². The molecule has 0 radical (unpaired) electrons. The van der Waals surface area contributed by atoms with Gasteiger partial charge in [-0.1, -0.05) is 82.1 Å². The van der Waals surface area contributed by atoms with E-state index in [2.05, 4.69) is 31.2 Å². The Morgan fingerprint density at radius 3 is 2.05 bits per heavy atom. The highest BCUT2D eigenvalue weighted by atomic mass is 32.1. The second-order valence-corrected chi connectivity index (χ2v) is 15.5. The van der Waals surface area contributed by atoms with Gasteiger partial charge in [-0.25, -0.2) is 4.98 Å². The Morgan fingerprint density at radius 2 is 1.49 bits per heavy atom. The molecule has 0 aromatic carbocycles. The molecule has 1 aliphatic heterocycles. The van der Waals surface area contributed by atoms with Crippen LogP contribution < -0.4 is 21.3 Å². The lowest BCUT2D eigenvalue weighted by molar-refractivity contribution is -0.146. The van der Waals surface area contributed by atoms with Gasteiger partial charge in [0.25, 0.3) is 11.8 Å². The van der Waals surface area contributed by atoms with Crippen LogP contribution in [0.2, 0.25) is 0 Å². The second kappa shape index (κ2) is 24.0. The number of rotatable bonds is 13. The molecule has 4 aliphatic rings. The molecule has 2 heterocycles. The summed E-state index contributed by atoms with van der Waals surface area (Å²) in [6.07, 6.45) is 13.9. The summed E-state index contributed by atoms with van der Waals surface area (Å²) in [5.41, 5.74) is -0.638. The summed E-state index contributed by atoms with van der Waals surface area (Å²) < 4.78 is 0. The van der Waals surface area contributed by atoms with Crippen molar-refractivity contribution in [2.75, 3.05) is 6.54 Å². The molecule has 1 saturated heterocycles. The van der Waals surface area contributed by atoms with Crippen molar-refractivity contribution in [1.82, 2.24) is 36.1 Å². The average Bonchev–Trinajstić information content (AvgIpc) is 3.65. The fourth-order valence-electron chi connectivity index (χ4n) is 7.87. The lowest BCUT2D eigenvalue weighted by atomic mass is 9.82. The van der Waals surface area contributed by atoms with Gasteiger partial charge in [-0.3, -0.25) is 33.8 Å². The largest absolute Gasteiger partial charge is 0.347 e. The third-order valence-corrected chi connectivity index (χ3v) is 10.7. The van der Waals surface area contributed by atoms with E-state index in [1.54, 1.807) is 4.90 Å². The Morgan fingerprint density at radius 1 is 0.836 bits per heavy atom. The van der Waals surface area contributed by atoms with E-state index in [0.717, 1.165) is 64.2 Å². The zero-order chi connectivity index (χ0) is 35.3. The number of nitrogens with zero attached hydrogens (tertiary/aromatic N) is 3. The number of aromatic nitrogens is 2. The fourth-order valence-corrected chi connectivity index (χ4v) is 7.87. The zero-order valence-corrected chi connectivity index (χ0v) is 33.8. The number of likely N-dealkylation sites (tertiary alicyclic amines) is 1. The van der Waals surface area contributed by atoms with Crippen molar-refractivity contribution < 1.29 is 28.8 Å². The molecular formula is C39H71N7O6S3. The first-order valence-corrected chi connectivity index (χ1v) is 18.2. The maximum atomic E-state index is 14.6. The molecule has 4 N–H and O–H groups in total. The van der Waals surface area contributed by atoms with Crippen LogP contribution in [0.3, 0.4) is 0 Å². The lowest BCUT2D eigenvalue weighted by Crippen LogP contribution is -2.62. The molecule has 6 atom stereocenters. The van der Waals surface area contributed by atoms with Crippen molar-refractivity contribution in [3.8, 4) is 0 Å². The number of amides is 5. The third-order valence-electron chi connectivity index (χ3n) is 10.7. The summed E-state index contributed by atoms with van der Waals surface area (Å²) in [4.78, 5) is 91.4. The Bertz CT molecular complexity index is 1410. The van der Waals surface area contributed by atoms with Gasteiger partial charge in [0, 0.05) is 25.0 Å². The Kier molecular flexibility index (Phi) is 23.7. The highest BCUT2D eigenvalue weighted by Gasteiger charge is 2.52. The first-order valence-electron chi connectivity index (χ1n) is 18.2. The first kappa shape index (κ1) is 54.3. The molecule has 16 heteroatoms. The van der Waals surface area contributed by atoms with Crippen LogP contribution in [0.25, 0.3) is 0 Å². The maximum absolute atomic E-state index is 14.6. The van der Waals surface area contributed by atoms with Crippen molar-refractivity contribution in [1.29, 1.82) is 0 Å². The summed E-state index contributed by atoms with van der Waals surface area (Å²) in [5, 5.41) is 11.5. The SMILES string of the molecule is C.C.C.CCC[C@@H](NC(=O)[C@@H]1[C@@H]2CCC[C@@H]2CN1C(=O)[C@@H](NC(=O)[C@H](NC(=O)c1cnccn1)C1CCCCC1)C(C)(C)C)C(=O)C(=O)NC1CC1.S.S.S. The molecule has 55 heavy (non-hydrogen) atoms. The molecule has 5 amide bonds. The Balaban J connectivity index is 0. The smallest absolute Gasteiger partial charge is 0.289 e. The van der Waals surface area contributed by atoms with Crippen LogP contribution in [0.5, 0.6) is 0 Å². The van der Waals surface area contributed by atoms with Crippen LogP contribution in [0.15, 0.2) is 18.6 Å². The molecule has 13 nitrogen and oxygen atoms in total. The van der Waals surface area contributed by atoms with E-state index in [0.29, 0.717) is 19.4 Å². The number of hydrogen-bond donors (Lipinski definition) is 4. The third kappa shape index (κ3) is 13.6. The lowest BCUT2D eigenvalue weighted by Gasteiger charge is -2.38. The molecule has 3 saturated carbocycles. The van der Waals surface area contributed by atoms with Gasteiger partial charge in [-0.05, 0) is 68.1 Å². The monoisotopic (exact) mass is 829 g/mol. The molecule has 4 fully saturated rings. The molecule has 3 aliphatic carbocycles.